The van der Waals surface area contributed by atoms with E-state index in [0.29, 0.717) is 86.5 Å². The van der Waals surface area contributed by atoms with Crippen LogP contribution in [0.2, 0.25) is 0 Å². The highest BCUT2D eigenvalue weighted by Crippen LogP contribution is 2.42. The van der Waals surface area contributed by atoms with Gasteiger partial charge < -0.3 is 0 Å². The minimum atomic E-state index is 0.352. The van der Waals surface area contributed by atoms with Crippen LogP contribution in [0.5, 0.6) is 0 Å². The van der Waals surface area contributed by atoms with Crippen LogP contribution < -0.4 is 0 Å². The minimum Gasteiger partial charge on any atom is -0.254 e. The Labute approximate surface area is 633 Å². The van der Waals surface area contributed by atoms with Crippen LogP contribution in [-0.2, 0) is 0 Å². The molecule has 0 aliphatic heterocycles. The van der Waals surface area contributed by atoms with E-state index in [4.69, 9.17) is 74.8 Å². The second kappa shape index (κ2) is 25.9. The third-order valence-electron chi connectivity index (χ3n) is 20.4. The first-order valence-corrected chi connectivity index (χ1v) is 36.0. The van der Waals surface area contributed by atoms with Gasteiger partial charge in [-0.2, -0.15) is 0 Å². The summed E-state index contributed by atoms with van der Waals surface area (Å²) in [4.78, 5) is 103. The van der Waals surface area contributed by atoms with Crippen LogP contribution in [0.15, 0.2) is 299 Å². The van der Waals surface area contributed by atoms with E-state index in [-0.39, 0.29) is 0 Å². The van der Waals surface area contributed by atoms with Gasteiger partial charge >= 0.3 is 0 Å². The summed E-state index contributed by atoms with van der Waals surface area (Å²) in [5, 5.41) is 13.2. The maximum Gasteiger partial charge on any atom is 0.182 e. The fourth-order valence-electron chi connectivity index (χ4n) is 15.1. The second-order valence-electron chi connectivity index (χ2n) is 27.0. The number of pyridine rings is 6. The molecule has 0 unspecified atom stereocenters. The highest BCUT2D eigenvalue weighted by Gasteiger charge is 2.23. The summed E-state index contributed by atoms with van der Waals surface area (Å²) < 4.78 is 0. The lowest BCUT2D eigenvalue weighted by atomic mass is 9.94. The predicted octanol–water partition coefficient (Wildman–Crippen LogP) is 18.9. The quantitative estimate of drug-likeness (QED) is 0.109. The molecule has 21 nitrogen and oxygen atoms in total. The fraction of sp³-hybridized carbons (Fsp3) is 0. The number of nitrogens with zero attached hydrogens (tertiary/aromatic N) is 21. The SMILES string of the molecule is c1ccc(-c2ncnc(-c3ccc4c(-c5nc(-c6ccccc6)nc(-c6ccc7cc(-c8ncnc(-c9ccc%10ccc%11cc(-c%12ncnc(-c%13cc%14cccnc%14c%14ncccc%13%14)n%12)ccc%11c%10c9)n8)c8cccnc8c7n6)n5)cc5cc(-c6ncnc(-c7ccc8ccc9cccnc9c8n7)n6)ccc5c4c3)n2)cc1. The molecule has 0 aliphatic carbocycles. The number of hydrogen-bond acceptors (Lipinski definition) is 21. The summed E-state index contributed by atoms with van der Waals surface area (Å²) in [6.45, 7) is 0. The third-order valence-corrected chi connectivity index (χ3v) is 20.4. The summed E-state index contributed by atoms with van der Waals surface area (Å²) in [6, 6.07) is 83.1. The Bertz CT molecular complexity index is 7680. The van der Waals surface area contributed by atoms with Gasteiger partial charge in [-0.05, 0) is 122 Å². The first-order chi connectivity index (χ1) is 55.4. The molecule has 22 aromatic rings. The molecule has 0 saturated heterocycles. The van der Waals surface area contributed by atoms with Gasteiger partial charge in [-0.25, -0.2) is 84.7 Å². The van der Waals surface area contributed by atoms with Gasteiger partial charge in [0.1, 0.15) is 36.7 Å². The van der Waals surface area contributed by atoms with Crippen molar-refractivity contribution in [3.63, 3.8) is 0 Å². The molecule has 518 valence electrons. The fourth-order valence-corrected chi connectivity index (χ4v) is 15.1. The number of fused-ring (bicyclic) bond motifs is 15. The van der Waals surface area contributed by atoms with E-state index in [2.05, 4.69) is 121 Å². The molecule has 11 heterocycles. The zero-order valence-electron chi connectivity index (χ0n) is 58.7. The number of benzene rings is 11. The van der Waals surface area contributed by atoms with Crippen molar-refractivity contribution in [1.82, 2.24) is 105 Å². The average Bonchev–Trinajstić information content (AvgIpc) is 0.695. The van der Waals surface area contributed by atoms with Crippen molar-refractivity contribution in [3.05, 3.63) is 299 Å². The Kier molecular flexibility index (Phi) is 14.6. The molecule has 22 rings (SSSR count). The summed E-state index contributed by atoms with van der Waals surface area (Å²) in [5.41, 5.74) is 12.8. The molecule has 0 radical (unpaired) electrons. The van der Waals surface area contributed by atoms with Gasteiger partial charge in [-0.15, -0.1) is 0 Å². The van der Waals surface area contributed by atoms with E-state index < -0.39 is 0 Å². The molecule has 0 N–H and O–H groups in total. The first kappa shape index (κ1) is 63.3. The highest BCUT2D eigenvalue weighted by molar-refractivity contribution is 6.16. The molecule has 0 saturated carbocycles. The highest BCUT2D eigenvalue weighted by atomic mass is 15.1. The molecule has 0 amide bonds. The largest absolute Gasteiger partial charge is 0.254 e. The van der Waals surface area contributed by atoms with Crippen molar-refractivity contribution in [2.45, 2.75) is 0 Å². The standard InChI is InChI=1S/C91H49N21/c1-3-11-53(12-4-1)81-96-46-97-84(106-81)61-27-32-65-69(44-61)64-31-26-59(83-100-49-103-90(109-83)73-33-28-52-22-21-51-15-7-35-92-75(51)77(52)104-73)40-62(64)45-70(65)89-110-86(54-13-5-2-6-14-54)111-91(112-89)74-34-29-57-42-72(67-18-10-38-95-80(67)78(57)105-74)88-102-48-99-85(108-88)60-24-20-50-19-23-55-39-58(25-30-63(55)68(50)43-60)82-98-47-101-87(107-82)71-41-56-16-8-36-93-76(56)79-66(71)17-9-37-94-79/h1-49H. The van der Waals surface area contributed by atoms with E-state index >= 15 is 0 Å². The Balaban J connectivity index is 0.631. The lowest BCUT2D eigenvalue weighted by Gasteiger charge is -2.14. The van der Waals surface area contributed by atoms with Gasteiger partial charge in [0.15, 0.2) is 64.1 Å². The Morgan fingerprint density at radius 2 is 0.527 bits per heavy atom. The molecule has 11 aromatic heterocycles. The normalized spacial score (nSPS) is 11.8. The average molecular weight is 1440 g/mol. The molecule has 0 fully saturated rings. The predicted molar refractivity (Wildman–Crippen MR) is 435 cm³/mol. The Hall–Kier alpha value is -16.0. The van der Waals surface area contributed by atoms with Crippen LogP contribution in [0.1, 0.15) is 0 Å². The van der Waals surface area contributed by atoms with Crippen molar-refractivity contribution in [3.8, 4) is 126 Å². The van der Waals surface area contributed by atoms with E-state index in [9.17, 15) is 0 Å². The maximum absolute atomic E-state index is 5.42. The van der Waals surface area contributed by atoms with Crippen LogP contribution >= 0.6 is 0 Å². The zero-order chi connectivity index (χ0) is 73.7. The lowest BCUT2D eigenvalue weighted by Crippen LogP contribution is -2.02. The number of rotatable bonds is 11. The van der Waals surface area contributed by atoms with E-state index in [1.54, 1.807) is 43.8 Å². The van der Waals surface area contributed by atoms with Crippen LogP contribution in [0, 0.1) is 0 Å². The van der Waals surface area contributed by atoms with Crippen LogP contribution in [-0.4, -0.2) is 105 Å². The zero-order valence-corrected chi connectivity index (χ0v) is 58.7. The van der Waals surface area contributed by atoms with Crippen LogP contribution in [0.4, 0.5) is 0 Å². The van der Waals surface area contributed by atoms with Crippen LogP contribution in [0.25, 0.3) is 234 Å². The molecule has 0 spiro atoms. The van der Waals surface area contributed by atoms with Crippen molar-refractivity contribution in [2.24, 2.45) is 0 Å². The van der Waals surface area contributed by atoms with Crippen molar-refractivity contribution >= 4 is 109 Å². The maximum atomic E-state index is 5.42. The smallest absolute Gasteiger partial charge is 0.182 e. The van der Waals surface area contributed by atoms with Gasteiger partial charge in [0.2, 0.25) is 0 Å². The van der Waals surface area contributed by atoms with Crippen molar-refractivity contribution < 1.29 is 0 Å². The molecule has 0 aliphatic rings. The van der Waals surface area contributed by atoms with Crippen LogP contribution in [0.3, 0.4) is 0 Å². The number of hydrogen-bond donors (Lipinski definition) is 0. The van der Waals surface area contributed by atoms with Gasteiger partial charge in [-0.1, -0.05) is 170 Å². The summed E-state index contributed by atoms with van der Waals surface area (Å²) >= 11 is 0. The van der Waals surface area contributed by atoms with E-state index in [1.165, 1.54) is 6.33 Å². The molecule has 0 bridgehead atoms. The van der Waals surface area contributed by atoms with Gasteiger partial charge in [0.05, 0.1) is 33.1 Å². The van der Waals surface area contributed by atoms with Crippen molar-refractivity contribution in [1.29, 1.82) is 0 Å². The monoisotopic (exact) mass is 1440 g/mol. The van der Waals surface area contributed by atoms with Gasteiger partial charge in [0.25, 0.3) is 0 Å². The molecule has 112 heavy (non-hydrogen) atoms. The topological polar surface area (TPSA) is 271 Å². The lowest BCUT2D eigenvalue weighted by molar-refractivity contribution is 1.05. The minimum absolute atomic E-state index is 0.352. The summed E-state index contributed by atoms with van der Waals surface area (Å²) in [6.07, 6.45) is 13.3. The molecule has 0 atom stereocenters. The Morgan fingerprint density at radius 1 is 0.152 bits per heavy atom. The van der Waals surface area contributed by atoms with Crippen molar-refractivity contribution in [2.75, 3.05) is 0 Å². The van der Waals surface area contributed by atoms with Gasteiger partial charge in [-0.3, -0.25) is 19.9 Å². The molecular weight excluding hydrogens is 1390 g/mol. The van der Waals surface area contributed by atoms with Gasteiger partial charge in [0, 0.05) is 107 Å². The molecule has 11 aromatic carbocycles. The van der Waals surface area contributed by atoms with E-state index in [1.807, 2.05) is 158 Å². The molecular formula is C91H49N21. The summed E-state index contributed by atoms with van der Waals surface area (Å²) in [5.74, 6) is 5.27. The number of aromatic nitrogens is 21. The Morgan fingerprint density at radius 3 is 1.18 bits per heavy atom. The first-order valence-electron chi connectivity index (χ1n) is 36.0. The second-order valence-corrected chi connectivity index (χ2v) is 27.0. The summed E-state index contributed by atoms with van der Waals surface area (Å²) in [7, 11) is 0. The third kappa shape index (κ3) is 11.0. The molecule has 21 heteroatoms. The van der Waals surface area contributed by atoms with E-state index in [0.717, 1.165) is 148 Å².